The lowest BCUT2D eigenvalue weighted by atomic mass is 10.1. The predicted octanol–water partition coefficient (Wildman–Crippen LogP) is 1.72. The highest BCUT2D eigenvalue weighted by Crippen LogP contribution is 2.14. The van der Waals surface area contributed by atoms with Gasteiger partial charge in [0.2, 0.25) is 0 Å². The Kier molecular flexibility index (Phi) is 5.33. The molecule has 1 amide bonds. The summed E-state index contributed by atoms with van der Waals surface area (Å²) in [5.74, 6) is -0.757. The van der Waals surface area contributed by atoms with Crippen LogP contribution in [0.4, 0.5) is 0 Å². The fourth-order valence-corrected chi connectivity index (χ4v) is 2.11. The molecule has 5 heteroatoms. The first kappa shape index (κ1) is 15.5. The number of carbonyl (C=O) groups is 2. The third-order valence-electron chi connectivity index (χ3n) is 3.44. The van der Waals surface area contributed by atoms with Crippen molar-refractivity contribution in [1.29, 1.82) is 0 Å². The molecule has 2 atom stereocenters. The van der Waals surface area contributed by atoms with E-state index in [-0.39, 0.29) is 5.91 Å². The number of amides is 1. The van der Waals surface area contributed by atoms with Crippen molar-refractivity contribution >= 4 is 11.9 Å². The number of hydrogen-bond donors (Lipinski definition) is 1. The Labute approximate surface area is 124 Å². The van der Waals surface area contributed by atoms with E-state index in [9.17, 15) is 9.59 Å². The van der Waals surface area contributed by atoms with Gasteiger partial charge in [0.25, 0.3) is 5.91 Å². The smallest absolute Gasteiger partial charge is 0.336 e. The van der Waals surface area contributed by atoms with E-state index in [1.165, 1.54) is 5.56 Å². The van der Waals surface area contributed by atoms with Crippen molar-refractivity contribution in [3.8, 4) is 0 Å². The summed E-state index contributed by atoms with van der Waals surface area (Å²) in [6.45, 7) is 4.57. The van der Waals surface area contributed by atoms with Crippen molar-refractivity contribution in [2.75, 3.05) is 6.61 Å². The topological polar surface area (TPSA) is 64.6 Å². The van der Waals surface area contributed by atoms with E-state index in [4.69, 9.17) is 9.47 Å². The SMILES string of the molecule is Cc1ccc(CNC(=O)[C@H](C)OC(=O)[C@@H]2CCCO2)cc1. The van der Waals surface area contributed by atoms with Gasteiger partial charge >= 0.3 is 5.97 Å². The average molecular weight is 291 g/mol. The Balaban J connectivity index is 1.76. The second-order valence-corrected chi connectivity index (χ2v) is 5.28. The molecule has 114 valence electrons. The van der Waals surface area contributed by atoms with Crippen molar-refractivity contribution in [3.05, 3.63) is 35.4 Å². The molecule has 21 heavy (non-hydrogen) atoms. The number of carbonyl (C=O) groups excluding carboxylic acids is 2. The molecule has 1 heterocycles. The van der Waals surface area contributed by atoms with Gasteiger partial charge in [0.15, 0.2) is 12.2 Å². The maximum atomic E-state index is 11.9. The fourth-order valence-electron chi connectivity index (χ4n) is 2.11. The molecule has 0 spiro atoms. The van der Waals surface area contributed by atoms with Gasteiger partial charge in [-0.3, -0.25) is 4.79 Å². The van der Waals surface area contributed by atoms with Gasteiger partial charge in [-0.05, 0) is 32.3 Å². The number of ether oxygens (including phenoxy) is 2. The third kappa shape index (κ3) is 4.56. The zero-order valence-corrected chi connectivity index (χ0v) is 12.4. The molecule has 1 aliphatic heterocycles. The summed E-state index contributed by atoms with van der Waals surface area (Å²) in [6, 6.07) is 7.89. The highest BCUT2D eigenvalue weighted by Gasteiger charge is 2.28. The van der Waals surface area contributed by atoms with Crippen LogP contribution in [0.3, 0.4) is 0 Å². The van der Waals surface area contributed by atoms with Crippen LogP contribution in [-0.4, -0.2) is 30.7 Å². The Bertz CT molecular complexity index is 492. The van der Waals surface area contributed by atoms with Gasteiger partial charge in [-0.1, -0.05) is 29.8 Å². The first-order chi connectivity index (χ1) is 10.1. The standard InChI is InChI=1S/C16H21NO4/c1-11-5-7-13(8-6-11)10-17-15(18)12(2)21-16(19)14-4-3-9-20-14/h5-8,12,14H,3-4,9-10H2,1-2H3,(H,17,18)/t12-,14-/m0/s1. The second-order valence-electron chi connectivity index (χ2n) is 5.28. The molecule has 1 aromatic carbocycles. The summed E-state index contributed by atoms with van der Waals surface area (Å²) < 4.78 is 10.4. The molecular weight excluding hydrogens is 270 g/mol. The Morgan fingerprint density at radius 1 is 1.38 bits per heavy atom. The molecule has 5 nitrogen and oxygen atoms in total. The lowest BCUT2D eigenvalue weighted by molar-refractivity contribution is -0.163. The lowest BCUT2D eigenvalue weighted by Gasteiger charge is -2.16. The normalized spacial score (nSPS) is 19.0. The van der Waals surface area contributed by atoms with Crippen LogP contribution in [-0.2, 0) is 25.6 Å². The van der Waals surface area contributed by atoms with Gasteiger partial charge in [0, 0.05) is 13.2 Å². The molecule has 1 fully saturated rings. The number of hydrogen-bond acceptors (Lipinski definition) is 4. The molecule has 0 saturated carbocycles. The average Bonchev–Trinajstić information content (AvgIpc) is 3.00. The van der Waals surface area contributed by atoms with E-state index in [0.29, 0.717) is 19.6 Å². The van der Waals surface area contributed by atoms with E-state index in [2.05, 4.69) is 5.32 Å². The summed E-state index contributed by atoms with van der Waals surface area (Å²) in [5, 5.41) is 2.76. The Morgan fingerprint density at radius 2 is 2.10 bits per heavy atom. The van der Waals surface area contributed by atoms with Crippen molar-refractivity contribution in [3.63, 3.8) is 0 Å². The predicted molar refractivity (Wildman–Crippen MR) is 77.6 cm³/mol. The zero-order chi connectivity index (χ0) is 15.2. The van der Waals surface area contributed by atoms with Crippen LogP contribution in [0.25, 0.3) is 0 Å². The van der Waals surface area contributed by atoms with Gasteiger partial charge < -0.3 is 14.8 Å². The Morgan fingerprint density at radius 3 is 2.71 bits per heavy atom. The molecule has 0 unspecified atom stereocenters. The van der Waals surface area contributed by atoms with Crippen molar-refractivity contribution in [2.24, 2.45) is 0 Å². The maximum Gasteiger partial charge on any atom is 0.336 e. The first-order valence-corrected chi connectivity index (χ1v) is 7.21. The third-order valence-corrected chi connectivity index (χ3v) is 3.44. The van der Waals surface area contributed by atoms with Gasteiger partial charge in [-0.15, -0.1) is 0 Å². The molecule has 0 aromatic heterocycles. The quantitative estimate of drug-likeness (QED) is 0.839. The first-order valence-electron chi connectivity index (χ1n) is 7.21. The molecule has 1 saturated heterocycles. The maximum absolute atomic E-state index is 11.9. The van der Waals surface area contributed by atoms with Crippen LogP contribution in [0.2, 0.25) is 0 Å². The van der Waals surface area contributed by atoms with E-state index >= 15 is 0 Å². The molecule has 2 rings (SSSR count). The summed E-state index contributed by atoms with van der Waals surface area (Å²) >= 11 is 0. The summed E-state index contributed by atoms with van der Waals surface area (Å²) in [7, 11) is 0. The minimum absolute atomic E-state index is 0.304. The highest BCUT2D eigenvalue weighted by atomic mass is 16.6. The van der Waals surface area contributed by atoms with Crippen molar-refractivity contribution in [1.82, 2.24) is 5.32 Å². The van der Waals surface area contributed by atoms with Gasteiger partial charge in [0.05, 0.1) is 0 Å². The fraction of sp³-hybridized carbons (Fsp3) is 0.500. The van der Waals surface area contributed by atoms with E-state index in [1.807, 2.05) is 31.2 Å². The largest absolute Gasteiger partial charge is 0.451 e. The summed E-state index contributed by atoms with van der Waals surface area (Å²) in [4.78, 5) is 23.6. The van der Waals surface area contributed by atoms with Crippen LogP contribution in [0, 0.1) is 6.92 Å². The summed E-state index contributed by atoms with van der Waals surface area (Å²) in [6.07, 6.45) is 0.189. The molecule has 1 aliphatic rings. The van der Waals surface area contributed by atoms with Gasteiger partial charge in [0.1, 0.15) is 0 Å². The molecule has 0 aliphatic carbocycles. The molecular formula is C16H21NO4. The minimum Gasteiger partial charge on any atom is -0.451 e. The number of esters is 1. The summed E-state index contributed by atoms with van der Waals surface area (Å²) in [5.41, 5.74) is 2.18. The monoisotopic (exact) mass is 291 g/mol. The highest BCUT2D eigenvalue weighted by molar-refractivity contribution is 5.84. The van der Waals surface area contributed by atoms with Gasteiger partial charge in [-0.2, -0.15) is 0 Å². The number of aryl methyl sites for hydroxylation is 1. The van der Waals surface area contributed by atoms with Crippen LogP contribution in [0.5, 0.6) is 0 Å². The van der Waals surface area contributed by atoms with Crippen LogP contribution in [0.1, 0.15) is 30.9 Å². The molecule has 0 bridgehead atoms. The van der Waals surface area contributed by atoms with E-state index < -0.39 is 18.2 Å². The van der Waals surface area contributed by atoms with Gasteiger partial charge in [-0.25, -0.2) is 4.79 Å². The van der Waals surface area contributed by atoms with Crippen molar-refractivity contribution in [2.45, 2.75) is 45.4 Å². The Hall–Kier alpha value is -1.88. The number of nitrogens with one attached hydrogen (secondary N) is 1. The number of benzene rings is 1. The van der Waals surface area contributed by atoms with E-state index in [0.717, 1.165) is 12.0 Å². The molecule has 1 N–H and O–H groups in total. The van der Waals surface area contributed by atoms with Crippen LogP contribution >= 0.6 is 0 Å². The molecule has 0 radical (unpaired) electrons. The second kappa shape index (κ2) is 7.22. The van der Waals surface area contributed by atoms with E-state index in [1.54, 1.807) is 6.92 Å². The minimum atomic E-state index is -0.813. The van der Waals surface area contributed by atoms with Crippen LogP contribution in [0.15, 0.2) is 24.3 Å². The lowest BCUT2D eigenvalue weighted by Crippen LogP contribution is -2.37. The zero-order valence-electron chi connectivity index (χ0n) is 12.4. The van der Waals surface area contributed by atoms with Crippen LogP contribution < -0.4 is 5.32 Å². The van der Waals surface area contributed by atoms with Crippen molar-refractivity contribution < 1.29 is 19.1 Å². The number of rotatable bonds is 5. The molecule has 1 aromatic rings.